The molecule has 0 spiro atoms. The number of rotatable bonds is 6. The summed E-state index contributed by atoms with van der Waals surface area (Å²) in [6.07, 6.45) is 5.64. The molecule has 2 unspecified atom stereocenters. The second-order valence-electron chi connectivity index (χ2n) is 6.64. The third kappa shape index (κ3) is 4.80. The molecule has 116 valence electrons. The van der Waals surface area contributed by atoms with Crippen LogP contribution >= 0.6 is 0 Å². The monoisotopic (exact) mass is 289 g/mol. The summed E-state index contributed by atoms with van der Waals surface area (Å²) in [4.78, 5) is 0. The van der Waals surface area contributed by atoms with E-state index in [-0.39, 0.29) is 0 Å². The average Bonchev–Trinajstić information content (AvgIpc) is 3.27. The molecule has 2 aliphatic rings. The molecule has 21 heavy (non-hydrogen) atoms. The molecule has 0 radical (unpaired) electrons. The summed E-state index contributed by atoms with van der Waals surface area (Å²) in [6.45, 7) is 5.96. The Kier molecular flexibility index (Phi) is 4.94. The molecule has 1 saturated carbocycles. The Morgan fingerprint density at radius 3 is 2.57 bits per heavy atom. The highest BCUT2D eigenvalue weighted by Gasteiger charge is 2.25. The highest BCUT2D eigenvalue weighted by atomic mass is 16.5. The molecule has 0 amide bonds. The lowest BCUT2D eigenvalue weighted by Crippen LogP contribution is -2.33. The fourth-order valence-corrected chi connectivity index (χ4v) is 3.07. The quantitative estimate of drug-likeness (QED) is 0.870. The van der Waals surface area contributed by atoms with Gasteiger partial charge in [0.25, 0.3) is 0 Å². The van der Waals surface area contributed by atoms with E-state index in [0.717, 1.165) is 25.4 Å². The van der Waals surface area contributed by atoms with Crippen molar-refractivity contribution in [3.63, 3.8) is 0 Å². The third-order valence-corrected chi connectivity index (χ3v) is 4.30. The van der Waals surface area contributed by atoms with Gasteiger partial charge in [-0.1, -0.05) is 24.3 Å². The summed E-state index contributed by atoms with van der Waals surface area (Å²) >= 11 is 0. The first-order valence-corrected chi connectivity index (χ1v) is 8.27. The van der Waals surface area contributed by atoms with Crippen molar-refractivity contribution in [2.45, 2.75) is 77.0 Å². The van der Waals surface area contributed by atoms with Gasteiger partial charge in [0, 0.05) is 12.6 Å². The highest BCUT2D eigenvalue weighted by molar-refractivity contribution is 5.23. The number of hydrogen-bond acceptors (Lipinski definition) is 3. The van der Waals surface area contributed by atoms with Crippen LogP contribution < -0.4 is 5.32 Å². The SMILES string of the molecule is CC1CC(OCc2cccc(CNC3CC3)c2)CC(C)O1. The van der Waals surface area contributed by atoms with E-state index in [1.54, 1.807) is 0 Å². The lowest BCUT2D eigenvalue weighted by Gasteiger charge is -2.32. The van der Waals surface area contributed by atoms with E-state index >= 15 is 0 Å². The minimum Gasteiger partial charge on any atom is -0.375 e. The van der Waals surface area contributed by atoms with Crippen LogP contribution in [-0.2, 0) is 22.6 Å². The Balaban J connectivity index is 1.48. The molecule has 2 fully saturated rings. The molecule has 2 atom stereocenters. The van der Waals surface area contributed by atoms with Crippen molar-refractivity contribution in [2.75, 3.05) is 0 Å². The molecule has 1 heterocycles. The summed E-state index contributed by atoms with van der Waals surface area (Å²) < 4.78 is 11.9. The smallest absolute Gasteiger partial charge is 0.0720 e. The standard InChI is InChI=1S/C18H27NO2/c1-13-8-18(9-14(2)21-13)20-12-16-5-3-4-15(10-16)11-19-17-6-7-17/h3-5,10,13-14,17-19H,6-9,11-12H2,1-2H3. The topological polar surface area (TPSA) is 30.5 Å². The van der Waals surface area contributed by atoms with Gasteiger partial charge in [-0.3, -0.25) is 0 Å². The minimum absolute atomic E-state index is 0.313. The number of ether oxygens (including phenoxy) is 2. The molecule has 3 nitrogen and oxygen atoms in total. The van der Waals surface area contributed by atoms with Crippen LogP contribution in [0, 0.1) is 0 Å². The molecular weight excluding hydrogens is 262 g/mol. The van der Waals surface area contributed by atoms with Crippen molar-refractivity contribution >= 4 is 0 Å². The second kappa shape index (κ2) is 6.91. The molecule has 3 rings (SSSR count). The number of hydrogen-bond donors (Lipinski definition) is 1. The first-order chi connectivity index (χ1) is 10.2. The molecule has 3 heteroatoms. The predicted octanol–water partition coefficient (Wildman–Crippen LogP) is 3.41. The van der Waals surface area contributed by atoms with Gasteiger partial charge >= 0.3 is 0 Å². The van der Waals surface area contributed by atoms with Crippen LogP contribution in [0.1, 0.15) is 50.7 Å². The first kappa shape index (κ1) is 15.0. The first-order valence-electron chi connectivity index (χ1n) is 8.27. The molecule has 0 bridgehead atoms. The molecular formula is C18H27NO2. The number of nitrogens with one attached hydrogen (secondary N) is 1. The summed E-state index contributed by atoms with van der Waals surface area (Å²) in [5, 5.41) is 3.56. The maximum absolute atomic E-state index is 6.10. The van der Waals surface area contributed by atoms with Gasteiger partial charge < -0.3 is 14.8 Å². The summed E-state index contributed by atoms with van der Waals surface area (Å²) in [7, 11) is 0. The molecule has 1 aliphatic carbocycles. The lowest BCUT2D eigenvalue weighted by atomic mass is 10.0. The van der Waals surface area contributed by atoms with E-state index in [9.17, 15) is 0 Å². The van der Waals surface area contributed by atoms with Gasteiger partial charge in [-0.15, -0.1) is 0 Å². The van der Waals surface area contributed by atoms with Gasteiger partial charge in [0.05, 0.1) is 24.9 Å². The molecule has 1 aliphatic heterocycles. The van der Waals surface area contributed by atoms with Crippen LogP contribution in [0.25, 0.3) is 0 Å². The molecule has 0 aromatic heterocycles. The van der Waals surface area contributed by atoms with Crippen LogP contribution in [-0.4, -0.2) is 24.4 Å². The van der Waals surface area contributed by atoms with E-state index in [1.807, 2.05) is 0 Å². The van der Waals surface area contributed by atoms with E-state index in [4.69, 9.17) is 9.47 Å². The van der Waals surface area contributed by atoms with Crippen molar-refractivity contribution in [1.29, 1.82) is 0 Å². The lowest BCUT2D eigenvalue weighted by molar-refractivity contribution is -0.106. The predicted molar refractivity (Wildman–Crippen MR) is 84.1 cm³/mol. The zero-order valence-corrected chi connectivity index (χ0v) is 13.2. The zero-order chi connectivity index (χ0) is 14.7. The van der Waals surface area contributed by atoms with Crippen LogP contribution in [0.2, 0.25) is 0 Å². The van der Waals surface area contributed by atoms with Gasteiger partial charge in [0.15, 0.2) is 0 Å². The second-order valence-corrected chi connectivity index (χ2v) is 6.64. The van der Waals surface area contributed by atoms with Gasteiger partial charge in [-0.25, -0.2) is 0 Å². The van der Waals surface area contributed by atoms with Crippen molar-refractivity contribution in [1.82, 2.24) is 5.32 Å². The summed E-state index contributed by atoms with van der Waals surface area (Å²) in [5.74, 6) is 0. The van der Waals surface area contributed by atoms with E-state index in [0.29, 0.717) is 24.9 Å². The summed E-state index contributed by atoms with van der Waals surface area (Å²) in [6, 6.07) is 9.51. The maximum Gasteiger partial charge on any atom is 0.0720 e. The van der Waals surface area contributed by atoms with Crippen LogP contribution in [0.3, 0.4) is 0 Å². The van der Waals surface area contributed by atoms with E-state index in [1.165, 1.54) is 24.0 Å². The largest absolute Gasteiger partial charge is 0.375 e. The van der Waals surface area contributed by atoms with Crippen LogP contribution in [0.5, 0.6) is 0 Å². The Hall–Kier alpha value is -0.900. The normalized spacial score (nSPS) is 29.5. The van der Waals surface area contributed by atoms with Crippen molar-refractivity contribution in [3.8, 4) is 0 Å². The van der Waals surface area contributed by atoms with Gasteiger partial charge in [0.2, 0.25) is 0 Å². The zero-order valence-electron chi connectivity index (χ0n) is 13.2. The fraction of sp³-hybridized carbons (Fsp3) is 0.667. The Labute approximate surface area is 128 Å². The van der Waals surface area contributed by atoms with Crippen LogP contribution in [0.4, 0.5) is 0 Å². The third-order valence-electron chi connectivity index (χ3n) is 4.30. The molecule has 1 saturated heterocycles. The number of benzene rings is 1. The Morgan fingerprint density at radius 1 is 1.14 bits per heavy atom. The van der Waals surface area contributed by atoms with Gasteiger partial charge in [-0.2, -0.15) is 0 Å². The van der Waals surface area contributed by atoms with E-state index in [2.05, 4.69) is 43.4 Å². The van der Waals surface area contributed by atoms with Crippen molar-refractivity contribution < 1.29 is 9.47 Å². The summed E-state index contributed by atoms with van der Waals surface area (Å²) in [5.41, 5.74) is 2.63. The minimum atomic E-state index is 0.313. The maximum atomic E-state index is 6.10. The van der Waals surface area contributed by atoms with Crippen molar-refractivity contribution in [2.24, 2.45) is 0 Å². The average molecular weight is 289 g/mol. The Morgan fingerprint density at radius 2 is 1.86 bits per heavy atom. The van der Waals surface area contributed by atoms with Gasteiger partial charge in [0.1, 0.15) is 0 Å². The van der Waals surface area contributed by atoms with Crippen molar-refractivity contribution in [3.05, 3.63) is 35.4 Å². The highest BCUT2D eigenvalue weighted by Crippen LogP contribution is 2.23. The van der Waals surface area contributed by atoms with Crippen LogP contribution in [0.15, 0.2) is 24.3 Å². The molecule has 1 N–H and O–H groups in total. The van der Waals surface area contributed by atoms with E-state index < -0.39 is 0 Å². The fourth-order valence-electron chi connectivity index (χ4n) is 3.07. The van der Waals surface area contributed by atoms with Gasteiger partial charge in [-0.05, 0) is 50.7 Å². The molecule has 1 aromatic rings. The molecule has 1 aromatic carbocycles. The Bertz CT molecular complexity index is 448.